The van der Waals surface area contributed by atoms with Crippen LogP contribution in [-0.4, -0.2) is 7.11 Å². The van der Waals surface area contributed by atoms with Crippen molar-refractivity contribution >= 4 is 5.69 Å². The monoisotopic (exact) mass is 169 g/mol. The van der Waals surface area contributed by atoms with Crippen LogP contribution in [0, 0.1) is 18.2 Å². The Morgan fingerprint density at radius 3 is 2.58 bits per heavy atom. The average Bonchev–Trinajstić information content (AvgIpc) is 2.09. The molecule has 0 radical (unpaired) electrons. The standard InChI is InChI=1S/C8H5F2NO/c1-11-5-3-6(9)8(10)7(4-5)12-2/h3-4H,2H3. The van der Waals surface area contributed by atoms with E-state index in [9.17, 15) is 8.78 Å². The summed E-state index contributed by atoms with van der Waals surface area (Å²) in [4.78, 5) is 2.94. The number of halogens is 2. The Balaban J connectivity index is 3.31. The van der Waals surface area contributed by atoms with Gasteiger partial charge in [-0.3, -0.25) is 0 Å². The van der Waals surface area contributed by atoms with Crippen LogP contribution in [0.1, 0.15) is 0 Å². The lowest BCUT2D eigenvalue weighted by Crippen LogP contribution is -1.90. The minimum absolute atomic E-state index is 0.0192. The summed E-state index contributed by atoms with van der Waals surface area (Å²) in [7, 11) is 1.21. The first-order valence-electron chi connectivity index (χ1n) is 3.09. The van der Waals surface area contributed by atoms with Crippen LogP contribution in [0.2, 0.25) is 0 Å². The Morgan fingerprint density at radius 2 is 2.08 bits per heavy atom. The molecule has 0 amide bonds. The third-order valence-electron chi connectivity index (χ3n) is 1.33. The SMILES string of the molecule is [C-]#[N+]c1cc(F)c(F)c(OC)c1. The van der Waals surface area contributed by atoms with E-state index in [4.69, 9.17) is 6.57 Å². The summed E-state index contributed by atoms with van der Waals surface area (Å²) in [5.41, 5.74) is 0.0192. The lowest BCUT2D eigenvalue weighted by Gasteiger charge is -2.02. The van der Waals surface area contributed by atoms with Crippen molar-refractivity contribution in [2.24, 2.45) is 0 Å². The molecule has 0 fully saturated rings. The number of rotatable bonds is 1. The molecule has 0 saturated carbocycles. The van der Waals surface area contributed by atoms with Gasteiger partial charge in [0, 0.05) is 0 Å². The average molecular weight is 169 g/mol. The first kappa shape index (κ1) is 8.47. The first-order valence-corrected chi connectivity index (χ1v) is 3.09. The quantitative estimate of drug-likeness (QED) is 0.589. The van der Waals surface area contributed by atoms with E-state index in [0.29, 0.717) is 0 Å². The molecule has 0 atom stereocenters. The van der Waals surface area contributed by atoms with Crippen molar-refractivity contribution in [1.82, 2.24) is 0 Å². The van der Waals surface area contributed by atoms with Gasteiger partial charge in [0.1, 0.15) is 5.75 Å². The minimum atomic E-state index is -1.07. The topological polar surface area (TPSA) is 13.6 Å². The highest BCUT2D eigenvalue weighted by atomic mass is 19.2. The Morgan fingerprint density at radius 1 is 1.42 bits per heavy atom. The maximum absolute atomic E-state index is 12.7. The normalized spacial score (nSPS) is 9.17. The smallest absolute Gasteiger partial charge is 0.197 e. The molecule has 0 unspecified atom stereocenters. The van der Waals surface area contributed by atoms with Gasteiger partial charge in [0.15, 0.2) is 17.3 Å². The maximum Gasteiger partial charge on any atom is 0.197 e. The maximum atomic E-state index is 12.7. The van der Waals surface area contributed by atoms with Crippen molar-refractivity contribution in [3.63, 3.8) is 0 Å². The van der Waals surface area contributed by atoms with Crippen molar-refractivity contribution < 1.29 is 13.5 Å². The van der Waals surface area contributed by atoms with Crippen LogP contribution >= 0.6 is 0 Å². The van der Waals surface area contributed by atoms with E-state index in [1.165, 1.54) is 7.11 Å². The summed E-state index contributed by atoms with van der Waals surface area (Å²) in [6.07, 6.45) is 0. The second-order valence-electron chi connectivity index (χ2n) is 2.06. The Bertz CT molecular complexity index is 344. The van der Waals surface area contributed by atoms with Crippen LogP contribution in [-0.2, 0) is 0 Å². The minimum Gasteiger partial charge on any atom is -0.495 e. The van der Waals surface area contributed by atoms with Gasteiger partial charge in [0.2, 0.25) is 0 Å². The van der Waals surface area contributed by atoms with Crippen LogP contribution in [0.25, 0.3) is 4.85 Å². The fraction of sp³-hybridized carbons (Fsp3) is 0.125. The van der Waals surface area contributed by atoms with Gasteiger partial charge in [-0.1, -0.05) is 0 Å². The molecular weight excluding hydrogens is 164 g/mol. The van der Waals surface area contributed by atoms with Gasteiger partial charge >= 0.3 is 0 Å². The molecule has 0 spiro atoms. The lowest BCUT2D eigenvalue weighted by atomic mass is 10.3. The molecule has 0 aliphatic carbocycles. The highest BCUT2D eigenvalue weighted by Gasteiger charge is 2.10. The van der Waals surface area contributed by atoms with Crippen molar-refractivity contribution in [3.8, 4) is 5.75 Å². The summed E-state index contributed by atoms with van der Waals surface area (Å²) in [6.45, 7) is 6.56. The zero-order chi connectivity index (χ0) is 9.14. The molecule has 62 valence electrons. The van der Waals surface area contributed by atoms with Gasteiger partial charge in [-0.15, -0.1) is 0 Å². The van der Waals surface area contributed by atoms with Crippen LogP contribution < -0.4 is 4.74 Å². The molecule has 12 heavy (non-hydrogen) atoms. The van der Waals surface area contributed by atoms with Gasteiger partial charge in [0.25, 0.3) is 0 Å². The molecule has 1 aromatic rings. The van der Waals surface area contributed by atoms with E-state index < -0.39 is 11.6 Å². The first-order chi connectivity index (χ1) is 5.69. The number of ether oxygens (including phenoxy) is 1. The van der Waals surface area contributed by atoms with E-state index in [0.717, 1.165) is 12.1 Å². The molecule has 0 bridgehead atoms. The molecule has 2 nitrogen and oxygen atoms in total. The second kappa shape index (κ2) is 3.18. The van der Waals surface area contributed by atoms with Crippen LogP contribution in [0.3, 0.4) is 0 Å². The van der Waals surface area contributed by atoms with E-state index >= 15 is 0 Å². The molecule has 0 N–H and O–H groups in total. The molecule has 0 aromatic heterocycles. The highest BCUT2D eigenvalue weighted by molar-refractivity contribution is 5.50. The van der Waals surface area contributed by atoms with Crippen molar-refractivity contribution in [2.45, 2.75) is 0 Å². The lowest BCUT2D eigenvalue weighted by molar-refractivity contribution is 0.372. The Labute approximate surface area is 68.2 Å². The number of hydrogen-bond acceptors (Lipinski definition) is 1. The van der Waals surface area contributed by atoms with Gasteiger partial charge in [0.05, 0.1) is 13.7 Å². The van der Waals surface area contributed by atoms with Gasteiger partial charge in [-0.2, -0.15) is 4.39 Å². The van der Waals surface area contributed by atoms with Crippen LogP contribution in [0.15, 0.2) is 12.1 Å². The predicted octanol–water partition coefficient (Wildman–Crippen LogP) is 2.52. The Kier molecular flexibility index (Phi) is 2.24. The highest BCUT2D eigenvalue weighted by Crippen LogP contribution is 2.26. The molecular formula is C8H5F2NO. The van der Waals surface area contributed by atoms with E-state index in [1.54, 1.807) is 0 Å². The summed E-state index contributed by atoms with van der Waals surface area (Å²) < 4.78 is 29.8. The zero-order valence-electron chi connectivity index (χ0n) is 6.27. The number of nitrogens with zero attached hydrogens (tertiary/aromatic N) is 1. The van der Waals surface area contributed by atoms with Crippen LogP contribution in [0.4, 0.5) is 14.5 Å². The van der Waals surface area contributed by atoms with Gasteiger partial charge < -0.3 is 4.74 Å². The van der Waals surface area contributed by atoms with Crippen molar-refractivity contribution in [1.29, 1.82) is 0 Å². The van der Waals surface area contributed by atoms with Crippen molar-refractivity contribution in [2.75, 3.05) is 7.11 Å². The fourth-order valence-corrected chi connectivity index (χ4v) is 0.763. The third kappa shape index (κ3) is 1.35. The molecule has 0 saturated heterocycles. The molecule has 1 rings (SSSR count). The zero-order valence-corrected chi connectivity index (χ0v) is 6.27. The summed E-state index contributed by atoms with van der Waals surface area (Å²) in [5.74, 6) is -2.38. The summed E-state index contributed by atoms with van der Waals surface area (Å²) in [6, 6.07) is 1.97. The molecule has 0 aliphatic rings. The fourth-order valence-electron chi connectivity index (χ4n) is 0.763. The molecule has 1 aromatic carbocycles. The van der Waals surface area contributed by atoms with Crippen LogP contribution in [0.5, 0.6) is 5.75 Å². The van der Waals surface area contributed by atoms with E-state index in [2.05, 4.69) is 9.58 Å². The molecule has 0 heterocycles. The van der Waals surface area contributed by atoms with E-state index in [-0.39, 0.29) is 11.4 Å². The molecule has 0 aliphatic heterocycles. The number of hydrogen-bond donors (Lipinski definition) is 0. The third-order valence-corrected chi connectivity index (χ3v) is 1.33. The van der Waals surface area contributed by atoms with Gasteiger partial charge in [-0.25, -0.2) is 9.24 Å². The number of benzene rings is 1. The number of methoxy groups -OCH3 is 1. The van der Waals surface area contributed by atoms with E-state index in [1.807, 2.05) is 0 Å². The van der Waals surface area contributed by atoms with Crippen molar-refractivity contribution in [3.05, 3.63) is 35.2 Å². The second-order valence-corrected chi connectivity index (χ2v) is 2.06. The summed E-state index contributed by atoms with van der Waals surface area (Å²) >= 11 is 0. The largest absolute Gasteiger partial charge is 0.495 e. The van der Waals surface area contributed by atoms with Gasteiger partial charge in [-0.05, 0) is 12.1 Å². The Hall–Kier alpha value is -1.63. The summed E-state index contributed by atoms with van der Waals surface area (Å²) in [5, 5.41) is 0. The predicted molar refractivity (Wildman–Crippen MR) is 39.2 cm³/mol. The molecule has 4 heteroatoms.